The van der Waals surface area contributed by atoms with Gasteiger partial charge in [-0.05, 0) is 105 Å². The maximum absolute atomic E-state index is 9.03. The Labute approximate surface area is 241 Å². The van der Waals surface area contributed by atoms with Crippen molar-refractivity contribution >= 4 is 5.71 Å². The molecule has 3 aromatic rings. The number of hydrogen-bond donors (Lipinski definition) is 0. The zero-order chi connectivity index (χ0) is 28.3. The molecule has 1 saturated heterocycles. The van der Waals surface area contributed by atoms with Gasteiger partial charge in [-0.3, -0.25) is 9.89 Å². The van der Waals surface area contributed by atoms with E-state index in [1.807, 2.05) is 26.0 Å². The summed E-state index contributed by atoms with van der Waals surface area (Å²) in [6.07, 6.45) is 4.86. The number of likely N-dealkylation sites (tertiary alicyclic amines) is 1. The molecule has 210 valence electrons. The lowest BCUT2D eigenvalue weighted by atomic mass is 9.88. The van der Waals surface area contributed by atoms with Gasteiger partial charge < -0.3 is 9.64 Å². The van der Waals surface area contributed by atoms with Gasteiger partial charge in [-0.25, -0.2) is 0 Å². The van der Waals surface area contributed by atoms with E-state index in [1.165, 1.54) is 65.9 Å². The van der Waals surface area contributed by atoms with Crippen LogP contribution in [0.25, 0.3) is 0 Å². The van der Waals surface area contributed by atoms with Crippen LogP contribution in [0.4, 0.5) is 0 Å². The summed E-state index contributed by atoms with van der Waals surface area (Å²) in [6, 6.07) is 24.8. The average molecular weight is 537 g/mol. The minimum atomic E-state index is 0.513. The van der Waals surface area contributed by atoms with Gasteiger partial charge in [0.25, 0.3) is 0 Å². The van der Waals surface area contributed by atoms with Crippen molar-refractivity contribution in [3.05, 3.63) is 100 Å². The molecule has 0 bridgehead atoms. The quantitative estimate of drug-likeness (QED) is 0.274. The van der Waals surface area contributed by atoms with Gasteiger partial charge in [-0.15, -0.1) is 0 Å². The van der Waals surface area contributed by atoms with Crippen LogP contribution in [-0.4, -0.2) is 42.7 Å². The zero-order valence-corrected chi connectivity index (χ0v) is 24.7. The highest BCUT2D eigenvalue weighted by molar-refractivity contribution is 6.04. The van der Waals surface area contributed by atoms with Crippen LogP contribution in [0.3, 0.4) is 0 Å². The van der Waals surface area contributed by atoms with Gasteiger partial charge in [0.05, 0.1) is 18.2 Å². The second-order valence-corrected chi connectivity index (χ2v) is 10.9. The third-order valence-corrected chi connectivity index (χ3v) is 7.86. The molecule has 0 radical (unpaired) electrons. The highest BCUT2D eigenvalue weighted by Crippen LogP contribution is 2.31. The molecule has 2 heterocycles. The Bertz CT molecular complexity index is 1280. The predicted molar refractivity (Wildman–Crippen MR) is 165 cm³/mol. The van der Waals surface area contributed by atoms with E-state index in [1.54, 1.807) is 12.1 Å². The minimum Gasteiger partial charge on any atom is -0.489 e. The van der Waals surface area contributed by atoms with E-state index in [9.17, 15) is 0 Å². The van der Waals surface area contributed by atoms with E-state index in [0.29, 0.717) is 12.2 Å². The molecular weight excluding hydrogens is 492 g/mol. The first-order chi connectivity index (χ1) is 19.6. The van der Waals surface area contributed by atoms with Crippen molar-refractivity contribution in [3.63, 3.8) is 0 Å². The van der Waals surface area contributed by atoms with Crippen LogP contribution >= 0.6 is 0 Å². The molecule has 5 nitrogen and oxygen atoms in total. The first kappa shape index (κ1) is 29.5. The van der Waals surface area contributed by atoms with Crippen molar-refractivity contribution in [1.29, 1.82) is 5.26 Å². The van der Waals surface area contributed by atoms with Crippen molar-refractivity contribution < 1.29 is 4.74 Å². The molecule has 5 heteroatoms. The van der Waals surface area contributed by atoms with Gasteiger partial charge in [-0.2, -0.15) is 5.26 Å². The lowest BCUT2D eigenvalue weighted by molar-refractivity contribution is 0.173. The summed E-state index contributed by atoms with van der Waals surface area (Å²) >= 11 is 0. The standard InChI is InChI=1S/C33H38N4O.C2H6/c1-36(2)23-32-28(24-38-29-12-8-26(20-34)9-13-29)11-14-30-31(32)21-35-33(30)15-10-25-16-18-37(19-17-25)22-27-6-4-3-5-7-27;1-2/h3-9,11-14,25H,10,15-19,21-24H2,1-2H3;1-2H3. The Morgan fingerprint density at radius 1 is 0.975 bits per heavy atom. The molecule has 5 rings (SSSR count). The lowest BCUT2D eigenvalue weighted by Crippen LogP contribution is -2.33. The Morgan fingerprint density at radius 2 is 1.70 bits per heavy atom. The number of ether oxygens (including phenoxy) is 1. The van der Waals surface area contributed by atoms with Crippen molar-refractivity contribution in [2.24, 2.45) is 10.9 Å². The first-order valence-electron chi connectivity index (χ1n) is 14.8. The fourth-order valence-corrected chi connectivity index (χ4v) is 5.72. The van der Waals surface area contributed by atoms with E-state index < -0.39 is 0 Å². The van der Waals surface area contributed by atoms with Crippen LogP contribution in [0.1, 0.15) is 72.9 Å². The third-order valence-electron chi connectivity index (χ3n) is 7.86. The van der Waals surface area contributed by atoms with Crippen molar-refractivity contribution in [3.8, 4) is 11.8 Å². The van der Waals surface area contributed by atoms with Gasteiger partial charge in [-0.1, -0.05) is 56.3 Å². The number of piperidine rings is 1. The van der Waals surface area contributed by atoms with Crippen LogP contribution in [0, 0.1) is 17.2 Å². The second-order valence-electron chi connectivity index (χ2n) is 10.9. The number of nitriles is 1. The van der Waals surface area contributed by atoms with E-state index in [4.69, 9.17) is 15.0 Å². The molecular formula is C35H44N4O. The minimum absolute atomic E-state index is 0.513. The molecule has 0 spiro atoms. The van der Waals surface area contributed by atoms with Crippen molar-refractivity contribution in [2.45, 2.75) is 65.8 Å². The van der Waals surface area contributed by atoms with Crippen molar-refractivity contribution in [1.82, 2.24) is 9.80 Å². The highest BCUT2D eigenvalue weighted by Gasteiger charge is 2.24. The summed E-state index contributed by atoms with van der Waals surface area (Å²) in [6.45, 7) is 9.61. The molecule has 0 N–H and O–H groups in total. The Kier molecular flexibility index (Phi) is 10.9. The van der Waals surface area contributed by atoms with Gasteiger partial charge in [0.1, 0.15) is 12.4 Å². The normalized spacial score (nSPS) is 15.2. The summed E-state index contributed by atoms with van der Waals surface area (Å²) in [5.41, 5.74) is 8.60. The van der Waals surface area contributed by atoms with Gasteiger partial charge >= 0.3 is 0 Å². The Morgan fingerprint density at radius 3 is 2.38 bits per heavy atom. The number of nitrogens with zero attached hydrogens (tertiary/aromatic N) is 4. The topological polar surface area (TPSA) is 51.9 Å². The maximum atomic E-state index is 9.03. The summed E-state index contributed by atoms with van der Waals surface area (Å²) in [5.74, 6) is 1.57. The molecule has 0 saturated carbocycles. The number of fused-ring (bicyclic) bond motifs is 1. The van der Waals surface area contributed by atoms with Crippen molar-refractivity contribution in [2.75, 3.05) is 27.2 Å². The Hall–Kier alpha value is -3.46. The third kappa shape index (κ3) is 7.81. The van der Waals surface area contributed by atoms with E-state index in [2.05, 4.69) is 72.4 Å². The van der Waals surface area contributed by atoms with Crippen LogP contribution in [0.15, 0.2) is 71.7 Å². The van der Waals surface area contributed by atoms with E-state index >= 15 is 0 Å². The lowest BCUT2D eigenvalue weighted by Gasteiger charge is -2.32. The summed E-state index contributed by atoms with van der Waals surface area (Å²) in [7, 11) is 4.23. The molecule has 0 amide bonds. The number of rotatable bonds is 10. The summed E-state index contributed by atoms with van der Waals surface area (Å²) in [4.78, 5) is 9.85. The molecule has 0 aromatic heterocycles. The fourth-order valence-electron chi connectivity index (χ4n) is 5.72. The number of benzene rings is 3. The van der Waals surface area contributed by atoms with Crippen LogP contribution in [-0.2, 0) is 26.2 Å². The number of aliphatic imine (C=N–C) groups is 1. The monoisotopic (exact) mass is 536 g/mol. The molecule has 3 aromatic carbocycles. The summed E-state index contributed by atoms with van der Waals surface area (Å²) in [5, 5.41) is 9.03. The van der Waals surface area contributed by atoms with Gasteiger partial charge in [0.15, 0.2) is 0 Å². The zero-order valence-electron chi connectivity index (χ0n) is 24.7. The molecule has 0 aliphatic carbocycles. The fraction of sp³-hybridized carbons (Fsp3) is 0.429. The second kappa shape index (κ2) is 14.8. The average Bonchev–Trinajstić information content (AvgIpc) is 3.41. The highest BCUT2D eigenvalue weighted by atomic mass is 16.5. The van der Waals surface area contributed by atoms with Crippen LogP contribution < -0.4 is 4.74 Å². The van der Waals surface area contributed by atoms with Gasteiger partial charge in [0.2, 0.25) is 0 Å². The maximum Gasteiger partial charge on any atom is 0.119 e. The van der Waals surface area contributed by atoms with E-state index in [-0.39, 0.29) is 0 Å². The summed E-state index contributed by atoms with van der Waals surface area (Å²) < 4.78 is 6.10. The molecule has 2 aliphatic heterocycles. The molecule has 0 atom stereocenters. The predicted octanol–water partition coefficient (Wildman–Crippen LogP) is 7.22. The molecule has 2 aliphatic rings. The Balaban J connectivity index is 0.00000181. The molecule has 1 fully saturated rings. The number of hydrogen-bond acceptors (Lipinski definition) is 5. The van der Waals surface area contributed by atoms with E-state index in [0.717, 1.165) is 37.7 Å². The SMILES string of the molecule is CC.CN(C)Cc1c(COc2ccc(C#N)cc2)ccc2c1CN=C2CCC1CCN(Cc2ccccc2)CC1. The van der Waals surface area contributed by atoms with Crippen LogP contribution in [0.2, 0.25) is 0 Å². The molecule has 40 heavy (non-hydrogen) atoms. The largest absolute Gasteiger partial charge is 0.489 e. The van der Waals surface area contributed by atoms with Gasteiger partial charge in [0, 0.05) is 24.4 Å². The molecule has 0 unspecified atom stereocenters. The smallest absolute Gasteiger partial charge is 0.119 e. The first-order valence-corrected chi connectivity index (χ1v) is 14.8. The van der Waals surface area contributed by atoms with Crippen LogP contribution in [0.5, 0.6) is 5.75 Å².